The van der Waals surface area contributed by atoms with E-state index in [9.17, 15) is 24.0 Å². The molecule has 1 fully saturated rings. The highest BCUT2D eigenvalue weighted by Gasteiger charge is 2.44. The molecule has 0 bridgehead atoms. The van der Waals surface area contributed by atoms with Gasteiger partial charge in [-0.1, -0.05) is 84.0 Å². The van der Waals surface area contributed by atoms with Crippen LogP contribution in [0.2, 0.25) is 0 Å². The molecule has 8 atom stereocenters. The van der Waals surface area contributed by atoms with Crippen LogP contribution in [0.3, 0.4) is 0 Å². The van der Waals surface area contributed by atoms with Crippen molar-refractivity contribution >= 4 is 29.6 Å². The van der Waals surface area contributed by atoms with E-state index in [0.29, 0.717) is 13.0 Å². The van der Waals surface area contributed by atoms with Gasteiger partial charge in [-0.25, -0.2) is 4.79 Å². The smallest absolute Gasteiger partial charge is 0.329 e. The average Bonchev–Trinajstić information content (AvgIpc) is 3.63. The maximum absolute atomic E-state index is 14.2. The highest BCUT2D eigenvalue weighted by molar-refractivity contribution is 6.01. The van der Waals surface area contributed by atoms with Gasteiger partial charge < -0.3 is 29.7 Å². The topological polar surface area (TPSA) is 156 Å². The number of imide groups is 1. The Kier molecular flexibility index (Phi) is 19.0. The number of nitrogens with one attached hydrogen (secondary N) is 3. The fraction of sp³-hybridized carbons (Fsp3) is 0.683. The number of benzene rings is 1. The van der Waals surface area contributed by atoms with Gasteiger partial charge in [-0.15, -0.1) is 0 Å². The SMILES string of the molecule is C=CCOC(=O)[C@H](Cc1ccccc1)NC(=O)[C@H](C)[C@@H](OC)[C@@H]1CCCN1C(=O)C[C@@H](OC)[C@H]([C@@H](C)CC)N(C)[C@H](C(=O)NC(=O)C(C)(C)NC)C(C)C. The van der Waals surface area contributed by atoms with Gasteiger partial charge in [-0.3, -0.25) is 29.4 Å². The zero-order chi connectivity index (χ0) is 40.7. The molecule has 1 aliphatic rings. The molecule has 0 radical (unpaired) electrons. The molecular formula is C41H67N5O8. The number of nitrogens with zero attached hydrogens (tertiary/aromatic N) is 2. The molecule has 4 amide bonds. The van der Waals surface area contributed by atoms with Crippen molar-refractivity contribution in [2.75, 3.05) is 41.5 Å². The number of hydrogen-bond donors (Lipinski definition) is 3. The molecule has 1 aromatic rings. The Balaban J connectivity index is 2.30. The van der Waals surface area contributed by atoms with E-state index in [0.717, 1.165) is 18.4 Å². The second-order valence-electron chi connectivity index (χ2n) is 15.4. The standard InChI is InChI=1S/C41H67N5O8/c1-13-23-54-39(50)30(24-29-19-16-15-17-20-29)43-37(48)28(6)36(53-12)31-21-18-22-46(31)33(47)25-32(52-11)35(27(5)14-2)45(10)34(26(3)4)38(49)44-40(51)41(7,8)42-9/h13,15-17,19-20,26-28,30-32,34-36,42H,1,14,18,21-25H2,2-12H3,(H,43,48)(H,44,49,51)/t27-,28+,30-,31-,32+,34-,35-,36+/m0/s1. The van der Waals surface area contributed by atoms with E-state index in [-0.39, 0.29) is 49.1 Å². The van der Waals surface area contributed by atoms with Crippen LogP contribution in [0.25, 0.3) is 0 Å². The van der Waals surface area contributed by atoms with Crippen LogP contribution >= 0.6 is 0 Å². The van der Waals surface area contributed by atoms with Crippen molar-refractivity contribution < 1.29 is 38.2 Å². The van der Waals surface area contributed by atoms with E-state index in [1.165, 1.54) is 13.2 Å². The van der Waals surface area contributed by atoms with E-state index < -0.39 is 59.6 Å². The summed E-state index contributed by atoms with van der Waals surface area (Å²) in [4.78, 5) is 71.4. The van der Waals surface area contributed by atoms with E-state index >= 15 is 0 Å². The molecule has 304 valence electrons. The fourth-order valence-corrected chi connectivity index (χ4v) is 7.38. The monoisotopic (exact) mass is 757 g/mol. The van der Waals surface area contributed by atoms with Crippen LogP contribution in [0.5, 0.6) is 0 Å². The van der Waals surface area contributed by atoms with Gasteiger partial charge in [-0.05, 0) is 58.2 Å². The molecule has 1 aromatic carbocycles. The Morgan fingerprint density at radius 3 is 2.22 bits per heavy atom. The van der Waals surface area contributed by atoms with Crippen LogP contribution in [-0.2, 0) is 44.6 Å². The summed E-state index contributed by atoms with van der Waals surface area (Å²) in [7, 11) is 6.61. The van der Waals surface area contributed by atoms with E-state index in [4.69, 9.17) is 14.2 Å². The first-order chi connectivity index (χ1) is 25.5. The molecule has 1 aliphatic heterocycles. The first kappa shape index (κ1) is 46.5. The van der Waals surface area contributed by atoms with E-state index in [1.54, 1.807) is 39.8 Å². The molecule has 1 saturated heterocycles. The molecule has 13 heteroatoms. The summed E-state index contributed by atoms with van der Waals surface area (Å²) in [5.74, 6) is -2.78. The highest BCUT2D eigenvalue weighted by Crippen LogP contribution is 2.30. The first-order valence-electron chi connectivity index (χ1n) is 19.2. The summed E-state index contributed by atoms with van der Waals surface area (Å²) in [5.41, 5.74) is -0.0821. The molecular weight excluding hydrogens is 690 g/mol. The number of likely N-dealkylation sites (N-methyl/N-ethyl adjacent to an activating group) is 2. The minimum absolute atomic E-state index is 0.0194. The van der Waals surface area contributed by atoms with Crippen LogP contribution in [0.4, 0.5) is 0 Å². The normalized spacial score (nSPS) is 18.6. The summed E-state index contributed by atoms with van der Waals surface area (Å²) in [6.07, 6.45) is 2.65. The van der Waals surface area contributed by atoms with Crippen molar-refractivity contribution in [3.8, 4) is 0 Å². The number of methoxy groups -OCH3 is 2. The molecule has 2 rings (SSSR count). The van der Waals surface area contributed by atoms with Crippen LogP contribution < -0.4 is 16.0 Å². The second-order valence-corrected chi connectivity index (χ2v) is 15.4. The lowest BCUT2D eigenvalue weighted by Crippen LogP contribution is -2.61. The Hall–Kier alpha value is -3.65. The number of hydrogen-bond acceptors (Lipinski definition) is 10. The maximum Gasteiger partial charge on any atom is 0.329 e. The van der Waals surface area contributed by atoms with Gasteiger partial charge in [0.05, 0.1) is 42.2 Å². The van der Waals surface area contributed by atoms with Crippen molar-refractivity contribution in [1.82, 2.24) is 25.8 Å². The Bertz CT molecular complexity index is 1390. The Morgan fingerprint density at radius 2 is 1.69 bits per heavy atom. The predicted octanol–water partition coefficient (Wildman–Crippen LogP) is 3.50. The average molecular weight is 758 g/mol. The molecule has 1 heterocycles. The van der Waals surface area contributed by atoms with Crippen LogP contribution in [-0.4, -0.2) is 123 Å². The third-order valence-corrected chi connectivity index (χ3v) is 10.9. The molecule has 0 aromatic heterocycles. The molecule has 0 aliphatic carbocycles. The summed E-state index contributed by atoms with van der Waals surface area (Å²) < 4.78 is 17.3. The number of rotatable bonds is 22. The lowest BCUT2D eigenvalue weighted by Gasteiger charge is -2.43. The van der Waals surface area contributed by atoms with Crippen molar-refractivity contribution in [1.29, 1.82) is 0 Å². The third kappa shape index (κ3) is 12.4. The summed E-state index contributed by atoms with van der Waals surface area (Å²) in [6.45, 7) is 17.2. The largest absolute Gasteiger partial charge is 0.460 e. The lowest BCUT2D eigenvalue weighted by molar-refractivity contribution is -0.148. The number of esters is 1. The van der Waals surface area contributed by atoms with Gasteiger partial charge in [0.1, 0.15) is 12.6 Å². The molecule has 0 unspecified atom stereocenters. The number of ether oxygens (including phenoxy) is 3. The first-order valence-corrected chi connectivity index (χ1v) is 19.2. The van der Waals surface area contributed by atoms with Crippen LogP contribution in [0.1, 0.15) is 79.7 Å². The second kappa shape index (κ2) is 22.0. The predicted molar refractivity (Wildman–Crippen MR) is 209 cm³/mol. The molecule has 13 nitrogen and oxygen atoms in total. The van der Waals surface area contributed by atoms with Crippen molar-refractivity contribution in [2.45, 2.75) is 122 Å². The minimum atomic E-state index is -0.945. The zero-order valence-corrected chi connectivity index (χ0v) is 34.5. The maximum atomic E-state index is 14.2. The van der Waals surface area contributed by atoms with Crippen molar-refractivity contribution in [2.24, 2.45) is 17.8 Å². The Morgan fingerprint density at radius 1 is 1.04 bits per heavy atom. The number of likely N-dealkylation sites (tertiary alicyclic amines) is 1. The third-order valence-electron chi connectivity index (χ3n) is 10.9. The molecule has 3 N–H and O–H groups in total. The van der Waals surface area contributed by atoms with E-state index in [2.05, 4.69) is 36.4 Å². The van der Waals surface area contributed by atoms with Crippen LogP contribution in [0, 0.1) is 17.8 Å². The Labute approximate surface area is 323 Å². The lowest BCUT2D eigenvalue weighted by atomic mass is 9.87. The summed E-state index contributed by atoms with van der Waals surface area (Å²) >= 11 is 0. The number of carbonyl (C=O) groups excluding carboxylic acids is 5. The van der Waals surface area contributed by atoms with Gasteiger partial charge in [0.25, 0.3) is 0 Å². The molecule has 54 heavy (non-hydrogen) atoms. The zero-order valence-electron chi connectivity index (χ0n) is 34.5. The summed E-state index contributed by atoms with van der Waals surface area (Å²) in [6, 6.07) is 7.03. The highest BCUT2D eigenvalue weighted by atomic mass is 16.5. The van der Waals surface area contributed by atoms with Gasteiger partial charge in [0.15, 0.2) is 0 Å². The van der Waals surface area contributed by atoms with Gasteiger partial charge in [-0.2, -0.15) is 0 Å². The minimum Gasteiger partial charge on any atom is -0.460 e. The number of amides is 4. The van der Waals surface area contributed by atoms with Gasteiger partial charge >= 0.3 is 5.97 Å². The van der Waals surface area contributed by atoms with Crippen molar-refractivity contribution in [3.05, 3.63) is 48.6 Å². The quantitative estimate of drug-likeness (QED) is 0.118. The number of carbonyl (C=O) groups is 5. The van der Waals surface area contributed by atoms with E-state index in [1.807, 2.05) is 56.1 Å². The molecule has 0 saturated carbocycles. The van der Waals surface area contributed by atoms with Crippen molar-refractivity contribution in [3.63, 3.8) is 0 Å². The molecule has 0 spiro atoms. The summed E-state index contributed by atoms with van der Waals surface area (Å²) in [5, 5.41) is 8.41. The fourth-order valence-electron chi connectivity index (χ4n) is 7.38. The van der Waals surface area contributed by atoms with Gasteiger partial charge in [0, 0.05) is 33.2 Å². The van der Waals surface area contributed by atoms with Crippen LogP contribution in [0.15, 0.2) is 43.0 Å². The van der Waals surface area contributed by atoms with Gasteiger partial charge in [0.2, 0.25) is 23.6 Å².